The molecule has 0 radical (unpaired) electrons. The van der Waals surface area contributed by atoms with Crippen molar-refractivity contribution in [2.24, 2.45) is 4.99 Å². The number of nitrogens with zero attached hydrogens (tertiary/aromatic N) is 2. The Kier molecular flexibility index (Phi) is 1.84. The second-order valence-electron chi connectivity index (χ2n) is 1.90. The van der Waals surface area contributed by atoms with Crippen molar-refractivity contribution in [3.05, 3.63) is 29.5 Å². The molecule has 0 aromatic carbocycles. The van der Waals surface area contributed by atoms with E-state index in [9.17, 15) is 0 Å². The molecule has 0 fully saturated rings. The molecule has 1 aliphatic rings. The van der Waals surface area contributed by atoms with Crippen LogP contribution < -0.4 is 0 Å². The highest BCUT2D eigenvalue weighted by molar-refractivity contribution is 5.68. The molecule has 0 saturated heterocycles. The van der Waals surface area contributed by atoms with Gasteiger partial charge in [-0.1, -0.05) is 0 Å². The van der Waals surface area contributed by atoms with Crippen molar-refractivity contribution >= 4 is 5.87 Å². The van der Waals surface area contributed by atoms with Crippen LogP contribution in [0.2, 0.25) is 0 Å². The molecule has 0 aromatic heterocycles. The Labute approximate surface area is 59.5 Å². The Morgan fingerprint density at radius 3 is 3.20 bits per heavy atom. The van der Waals surface area contributed by atoms with Crippen molar-refractivity contribution in [2.45, 2.75) is 6.92 Å². The van der Waals surface area contributed by atoms with E-state index in [1.54, 1.807) is 18.4 Å². The fourth-order valence-electron chi connectivity index (χ4n) is 0.623. The SMILES string of the molecule is CC1=C=NC=CC=C1C#N. The molecule has 0 bridgehead atoms. The van der Waals surface area contributed by atoms with Crippen LogP contribution in [0.25, 0.3) is 0 Å². The Morgan fingerprint density at radius 1 is 1.70 bits per heavy atom. The fraction of sp³-hybridized carbons (Fsp3) is 0.125. The minimum atomic E-state index is 0.623. The summed E-state index contributed by atoms with van der Waals surface area (Å²) in [5, 5.41) is 8.53. The normalized spacial score (nSPS) is 15.2. The molecule has 1 aliphatic heterocycles. The third kappa shape index (κ3) is 1.22. The molecule has 0 aliphatic carbocycles. The van der Waals surface area contributed by atoms with E-state index in [-0.39, 0.29) is 0 Å². The first kappa shape index (κ1) is 6.54. The predicted octanol–water partition coefficient (Wildman–Crippen LogP) is 1.58. The summed E-state index contributed by atoms with van der Waals surface area (Å²) < 4.78 is 0. The lowest BCUT2D eigenvalue weighted by molar-refractivity contribution is 1.43. The lowest BCUT2D eigenvalue weighted by atomic mass is 10.1. The van der Waals surface area contributed by atoms with Gasteiger partial charge in [-0.15, -0.1) is 0 Å². The lowest BCUT2D eigenvalue weighted by Crippen LogP contribution is -1.79. The van der Waals surface area contributed by atoms with Gasteiger partial charge in [0.05, 0.1) is 5.57 Å². The van der Waals surface area contributed by atoms with Crippen molar-refractivity contribution in [1.29, 1.82) is 5.26 Å². The molecule has 1 heterocycles. The summed E-state index contributed by atoms with van der Waals surface area (Å²) in [6.07, 6.45) is 5.05. The van der Waals surface area contributed by atoms with Gasteiger partial charge in [0, 0.05) is 11.8 Å². The van der Waals surface area contributed by atoms with Gasteiger partial charge in [-0.25, -0.2) is 4.99 Å². The third-order valence-corrected chi connectivity index (χ3v) is 1.18. The summed E-state index contributed by atoms with van der Waals surface area (Å²) >= 11 is 0. The van der Waals surface area contributed by atoms with Crippen molar-refractivity contribution in [1.82, 2.24) is 0 Å². The molecule has 0 atom stereocenters. The standard InChI is InChI=1S/C8H6N2/c1-7-6-10-4-2-3-8(7)5-9/h2-4H,1H3. The summed E-state index contributed by atoms with van der Waals surface area (Å²) in [6.45, 7) is 1.81. The average molecular weight is 130 g/mol. The van der Waals surface area contributed by atoms with E-state index in [0.717, 1.165) is 5.57 Å². The molecule has 10 heavy (non-hydrogen) atoms. The monoisotopic (exact) mass is 130 g/mol. The lowest BCUT2D eigenvalue weighted by Gasteiger charge is -1.87. The second kappa shape index (κ2) is 2.82. The Hall–Kier alpha value is -1.58. The zero-order valence-electron chi connectivity index (χ0n) is 5.63. The van der Waals surface area contributed by atoms with Gasteiger partial charge in [0.25, 0.3) is 0 Å². The van der Waals surface area contributed by atoms with Gasteiger partial charge < -0.3 is 0 Å². The minimum Gasteiger partial charge on any atom is -0.214 e. The van der Waals surface area contributed by atoms with Gasteiger partial charge >= 0.3 is 0 Å². The third-order valence-electron chi connectivity index (χ3n) is 1.18. The van der Waals surface area contributed by atoms with E-state index >= 15 is 0 Å². The van der Waals surface area contributed by atoms with Crippen LogP contribution in [-0.4, -0.2) is 5.87 Å². The van der Waals surface area contributed by atoms with Gasteiger partial charge in [-0.05, 0) is 24.9 Å². The van der Waals surface area contributed by atoms with E-state index in [0.29, 0.717) is 5.57 Å². The summed E-state index contributed by atoms with van der Waals surface area (Å²) in [6, 6.07) is 2.04. The van der Waals surface area contributed by atoms with Gasteiger partial charge in [0.15, 0.2) is 0 Å². The molecule has 0 amide bonds. The number of hydrogen-bond acceptors (Lipinski definition) is 2. The summed E-state index contributed by atoms with van der Waals surface area (Å²) in [5.41, 5.74) is 1.41. The molecule has 0 saturated carbocycles. The molecule has 0 N–H and O–H groups in total. The summed E-state index contributed by atoms with van der Waals surface area (Å²) in [7, 11) is 0. The van der Waals surface area contributed by atoms with Crippen LogP contribution in [-0.2, 0) is 0 Å². The first-order chi connectivity index (χ1) is 4.84. The minimum absolute atomic E-state index is 0.623. The zero-order valence-corrected chi connectivity index (χ0v) is 5.63. The molecule has 2 nitrogen and oxygen atoms in total. The topological polar surface area (TPSA) is 36.1 Å². The van der Waals surface area contributed by atoms with Crippen molar-refractivity contribution in [2.75, 3.05) is 0 Å². The van der Waals surface area contributed by atoms with E-state index in [2.05, 4.69) is 10.9 Å². The second-order valence-corrected chi connectivity index (χ2v) is 1.90. The predicted molar refractivity (Wildman–Crippen MR) is 39.5 cm³/mol. The first-order valence-corrected chi connectivity index (χ1v) is 2.91. The van der Waals surface area contributed by atoms with Crippen molar-refractivity contribution < 1.29 is 0 Å². The van der Waals surface area contributed by atoms with Crippen molar-refractivity contribution in [3.63, 3.8) is 0 Å². The zero-order chi connectivity index (χ0) is 7.40. The number of nitriles is 1. The van der Waals surface area contributed by atoms with Crippen LogP contribution >= 0.6 is 0 Å². The van der Waals surface area contributed by atoms with Crippen LogP contribution in [0.5, 0.6) is 0 Å². The molecule has 0 aromatic rings. The quantitative estimate of drug-likeness (QED) is 0.490. The van der Waals surface area contributed by atoms with E-state index in [1.165, 1.54) is 0 Å². The van der Waals surface area contributed by atoms with Gasteiger partial charge in [0.1, 0.15) is 6.07 Å². The number of rotatable bonds is 0. The highest BCUT2D eigenvalue weighted by Crippen LogP contribution is 2.05. The average Bonchev–Trinajstić information content (AvgIpc) is 2.13. The highest BCUT2D eigenvalue weighted by atomic mass is 14.6. The summed E-state index contributed by atoms with van der Waals surface area (Å²) in [5.74, 6) is 2.71. The van der Waals surface area contributed by atoms with Crippen LogP contribution in [0.15, 0.2) is 34.5 Å². The van der Waals surface area contributed by atoms with Crippen LogP contribution in [0.1, 0.15) is 6.92 Å². The number of hydrogen-bond donors (Lipinski definition) is 0. The molecule has 1 rings (SSSR count). The van der Waals surface area contributed by atoms with E-state index in [1.807, 2.05) is 13.0 Å². The largest absolute Gasteiger partial charge is 0.214 e. The maximum absolute atomic E-state index is 8.53. The fourth-order valence-corrected chi connectivity index (χ4v) is 0.623. The maximum atomic E-state index is 8.53. The molecule has 48 valence electrons. The van der Waals surface area contributed by atoms with Crippen LogP contribution in [0.3, 0.4) is 0 Å². The molecule has 2 heteroatoms. The first-order valence-electron chi connectivity index (χ1n) is 2.91. The Balaban J connectivity index is 3.14. The number of aliphatic imine (C=N–C) groups is 1. The summed E-state index contributed by atoms with van der Waals surface area (Å²) in [4.78, 5) is 3.78. The van der Waals surface area contributed by atoms with Crippen LogP contribution in [0.4, 0.5) is 0 Å². The van der Waals surface area contributed by atoms with Gasteiger partial charge in [-0.3, -0.25) is 0 Å². The van der Waals surface area contributed by atoms with Gasteiger partial charge in [-0.2, -0.15) is 5.26 Å². The Bertz CT molecular complexity index is 294. The number of allylic oxidation sites excluding steroid dienone is 4. The van der Waals surface area contributed by atoms with Crippen molar-refractivity contribution in [3.8, 4) is 6.07 Å². The molecule has 0 spiro atoms. The molecular formula is C8H6N2. The Morgan fingerprint density at radius 2 is 2.50 bits per heavy atom. The highest BCUT2D eigenvalue weighted by Gasteiger charge is 1.96. The molecular weight excluding hydrogens is 124 g/mol. The molecule has 0 unspecified atom stereocenters. The van der Waals surface area contributed by atoms with Crippen LogP contribution in [0, 0.1) is 11.3 Å². The maximum Gasteiger partial charge on any atom is 0.100 e. The van der Waals surface area contributed by atoms with E-state index < -0.39 is 0 Å². The van der Waals surface area contributed by atoms with E-state index in [4.69, 9.17) is 5.26 Å². The smallest absolute Gasteiger partial charge is 0.100 e. The van der Waals surface area contributed by atoms with Gasteiger partial charge in [0.2, 0.25) is 0 Å².